The minimum atomic E-state index is -0.222. The summed E-state index contributed by atoms with van der Waals surface area (Å²) in [6.45, 7) is 2.16. The average molecular weight is 330 g/mol. The fourth-order valence-electron chi connectivity index (χ4n) is 3.01. The molecule has 0 spiro atoms. The molecular weight excluding hydrogens is 312 g/mol. The lowest BCUT2D eigenvalue weighted by atomic mass is 10.1. The number of hydrogen-bond donors (Lipinski definition) is 1. The summed E-state index contributed by atoms with van der Waals surface area (Å²) >= 11 is 0. The van der Waals surface area contributed by atoms with Crippen molar-refractivity contribution in [1.82, 2.24) is 20.1 Å². The van der Waals surface area contributed by atoms with E-state index in [2.05, 4.69) is 20.1 Å². The van der Waals surface area contributed by atoms with Crippen molar-refractivity contribution < 1.29 is 19.0 Å². The Morgan fingerprint density at radius 3 is 3.08 bits per heavy atom. The van der Waals surface area contributed by atoms with Crippen LogP contribution in [0.1, 0.15) is 28.4 Å². The summed E-state index contributed by atoms with van der Waals surface area (Å²) in [5.74, 6) is 3.09. The first-order chi connectivity index (χ1) is 11.8. The van der Waals surface area contributed by atoms with Crippen LogP contribution >= 0.6 is 0 Å². The van der Waals surface area contributed by atoms with Gasteiger partial charge >= 0.3 is 0 Å². The Morgan fingerprint density at radius 2 is 2.21 bits per heavy atom. The van der Waals surface area contributed by atoms with Gasteiger partial charge in [0.15, 0.2) is 17.3 Å². The van der Waals surface area contributed by atoms with Crippen LogP contribution in [0.4, 0.5) is 0 Å². The number of carbonyl (C=O) groups is 1. The van der Waals surface area contributed by atoms with E-state index in [1.165, 1.54) is 7.11 Å². The highest BCUT2D eigenvalue weighted by Crippen LogP contribution is 2.40. The normalized spacial score (nSPS) is 15.0. The zero-order valence-electron chi connectivity index (χ0n) is 13.4. The van der Waals surface area contributed by atoms with Crippen molar-refractivity contribution in [3.05, 3.63) is 29.3 Å². The molecule has 0 radical (unpaired) electrons. The largest absolute Gasteiger partial charge is 0.493 e. The number of amides is 1. The van der Waals surface area contributed by atoms with Crippen molar-refractivity contribution >= 4 is 5.91 Å². The van der Waals surface area contributed by atoms with Gasteiger partial charge in [-0.3, -0.25) is 4.79 Å². The van der Waals surface area contributed by atoms with E-state index in [1.807, 2.05) is 0 Å². The zero-order chi connectivity index (χ0) is 16.5. The molecule has 0 fully saturated rings. The molecule has 1 aromatic carbocycles. The van der Waals surface area contributed by atoms with E-state index in [-0.39, 0.29) is 5.91 Å². The summed E-state index contributed by atoms with van der Waals surface area (Å²) in [5, 5.41) is 11.1. The first-order valence-corrected chi connectivity index (χ1v) is 7.93. The van der Waals surface area contributed by atoms with Gasteiger partial charge in [0.05, 0.1) is 13.7 Å². The molecule has 8 heteroatoms. The number of nitrogens with one attached hydrogen (secondary N) is 1. The maximum absolute atomic E-state index is 12.5. The standard InChI is InChI=1S/C16H18N4O4/c1-22-11-7-10(8-12-15(11)24-6-5-23-12)16(21)17-9-14-19-18-13-3-2-4-20(13)14/h7-8H,2-6,9H2,1H3,(H,17,21). The molecule has 0 saturated carbocycles. The average Bonchev–Trinajstić information content (AvgIpc) is 3.22. The summed E-state index contributed by atoms with van der Waals surface area (Å²) < 4.78 is 18.5. The number of aromatic nitrogens is 3. The number of ether oxygens (including phenoxy) is 3. The lowest BCUT2D eigenvalue weighted by Gasteiger charge is -2.21. The van der Waals surface area contributed by atoms with E-state index in [0.717, 1.165) is 31.0 Å². The number of rotatable bonds is 4. The van der Waals surface area contributed by atoms with Crippen LogP contribution in [0.5, 0.6) is 17.2 Å². The Morgan fingerprint density at radius 1 is 1.33 bits per heavy atom. The van der Waals surface area contributed by atoms with E-state index in [9.17, 15) is 4.79 Å². The van der Waals surface area contributed by atoms with E-state index < -0.39 is 0 Å². The van der Waals surface area contributed by atoms with E-state index >= 15 is 0 Å². The second-order valence-electron chi connectivity index (χ2n) is 5.67. The number of benzene rings is 1. The molecule has 24 heavy (non-hydrogen) atoms. The number of aryl methyl sites for hydroxylation is 1. The first kappa shape index (κ1) is 14.8. The van der Waals surface area contributed by atoms with E-state index in [1.54, 1.807) is 12.1 Å². The Hall–Kier alpha value is -2.77. The lowest BCUT2D eigenvalue weighted by molar-refractivity contribution is 0.0947. The van der Waals surface area contributed by atoms with Gasteiger partial charge in [0.2, 0.25) is 5.75 Å². The van der Waals surface area contributed by atoms with Crippen LogP contribution in [0.2, 0.25) is 0 Å². The van der Waals surface area contributed by atoms with Crippen LogP contribution in [0.3, 0.4) is 0 Å². The Labute approximate surface area is 138 Å². The third kappa shape index (κ3) is 2.53. The number of fused-ring (bicyclic) bond motifs is 2. The summed E-state index contributed by atoms with van der Waals surface area (Å²) in [5.41, 5.74) is 0.456. The van der Waals surface area contributed by atoms with Gasteiger partial charge < -0.3 is 24.1 Å². The summed E-state index contributed by atoms with van der Waals surface area (Å²) in [7, 11) is 1.54. The molecule has 0 aliphatic carbocycles. The Balaban J connectivity index is 1.51. The van der Waals surface area contributed by atoms with Gasteiger partial charge in [-0.15, -0.1) is 10.2 Å². The highest BCUT2D eigenvalue weighted by atomic mass is 16.6. The van der Waals surface area contributed by atoms with Crippen molar-refractivity contribution in [2.45, 2.75) is 25.9 Å². The molecule has 1 N–H and O–H groups in total. The quantitative estimate of drug-likeness (QED) is 0.897. The maximum atomic E-state index is 12.5. The zero-order valence-corrected chi connectivity index (χ0v) is 13.4. The molecule has 8 nitrogen and oxygen atoms in total. The molecule has 0 atom stereocenters. The van der Waals surface area contributed by atoms with Crippen molar-refractivity contribution in [3.8, 4) is 17.2 Å². The molecule has 1 amide bonds. The summed E-state index contributed by atoms with van der Waals surface area (Å²) in [6, 6.07) is 3.32. The fraction of sp³-hybridized carbons (Fsp3) is 0.438. The van der Waals surface area contributed by atoms with Crippen LogP contribution in [0.25, 0.3) is 0 Å². The highest BCUT2D eigenvalue weighted by molar-refractivity contribution is 5.95. The third-order valence-corrected chi connectivity index (χ3v) is 4.18. The molecule has 1 aromatic heterocycles. The second-order valence-corrected chi connectivity index (χ2v) is 5.67. The topological polar surface area (TPSA) is 87.5 Å². The van der Waals surface area contributed by atoms with Crippen LogP contribution in [-0.4, -0.2) is 41.0 Å². The van der Waals surface area contributed by atoms with Crippen LogP contribution in [-0.2, 0) is 19.5 Å². The van der Waals surface area contributed by atoms with Crippen molar-refractivity contribution in [3.63, 3.8) is 0 Å². The van der Waals surface area contributed by atoms with Gasteiger partial charge in [0, 0.05) is 18.5 Å². The fourth-order valence-corrected chi connectivity index (χ4v) is 3.01. The Bertz CT molecular complexity index is 769. The Kier molecular flexibility index (Phi) is 3.72. The van der Waals surface area contributed by atoms with Crippen molar-refractivity contribution in [2.75, 3.05) is 20.3 Å². The number of nitrogens with zero attached hydrogens (tertiary/aromatic N) is 3. The number of carbonyl (C=O) groups excluding carboxylic acids is 1. The van der Waals surface area contributed by atoms with Gasteiger partial charge in [-0.25, -0.2) is 0 Å². The molecular formula is C16H18N4O4. The van der Waals surface area contributed by atoms with Gasteiger partial charge in [0.25, 0.3) is 5.91 Å². The van der Waals surface area contributed by atoms with Crippen LogP contribution in [0.15, 0.2) is 12.1 Å². The minimum absolute atomic E-state index is 0.222. The molecule has 2 aromatic rings. The van der Waals surface area contributed by atoms with E-state index in [0.29, 0.717) is 42.6 Å². The molecule has 2 aliphatic heterocycles. The molecule has 4 rings (SSSR count). The monoisotopic (exact) mass is 330 g/mol. The van der Waals surface area contributed by atoms with Gasteiger partial charge in [-0.2, -0.15) is 0 Å². The summed E-state index contributed by atoms with van der Waals surface area (Å²) in [4.78, 5) is 12.5. The molecule has 0 bridgehead atoms. The number of methoxy groups -OCH3 is 1. The second kappa shape index (κ2) is 6.03. The van der Waals surface area contributed by atoms with Gasteiger partial charge in [-0.05, 0) is 18.6 Å². The lowest BCUT2D eigenvalue weighted by Crippen LogP contribution is -2.25. The molecule has 126 valence electrons. The predicted octanol–water partition coefficient (Wildman–Crippen LogP) is 0.934. The van der Waals surface area contributed by atoms with Crippen LogP contribution in [0, 0.1) is 0 Å². The molecule has 2 aliphatic rings. The minimum Gasteiger partial charge on any atom is -0.493 e. The van der Waals surface area contributed by atoms with E-state index in [4.69, 9.17) is 14.2 Å². The van der Waals surface area contributed by atoms with Gasteiger partial charge in [-0.1, -0.05) is 0 Å². The molecule has 0 unspecified atom stereocenters. The molecule has 0 saturated heterocycles. The highest BCUT2D eigenvalue weighted by Gasteiger charge is 2.22. The van der Waals surface area contributed by atoms with Crippen LogP contribution < -0.4 is 19.5 Å². The first-order valence-electron chi connectivity index (χ1n) is 7.93. The SMILES string of the molecule is COc1cc(C(=O)NCc2nnc3n2CCC3)cc2c1OCCO2. The van der Waals surface area contributed by atoms with Crippen molar-refractivity contribution in [1.29, 1.82) is 0 Å². The smallest absolute Gasteiger partial charge is 0.251 e. The third-order valence-electron chi connectivity index (χ3n) is 4.18. The predicted molar refractivity (Wildman–Crippen MR) is 83.5 cm³/mol. The number of hydrogen-bond acceptors (Lipinski definition) is 6. The van der Waals surface area contributed by atoms with Gasteiger partial charge in [0.1, 0.15) is 19.0 Å². The summed E-state index contributed by atoms with van der Waals surface area (Å²) in [6.07, 6.45) is 2.02. The molecule has 3 heterocycles. The maximum Gasteiger partial charge on any atom is 0.251 e. The van der Waals surface area contributed by atoms with Crippen molar-refractivity contribution in [2.24, 2.45) is 0 Å².